The third kappa shape index (κ3) is 3.73. The summed E-state index contributed by atoms with van der Waals surface area (Å²) in [6, 6.07) is 10.3. The number of carbonyl (C=O) groups excluding carboxylic acids is 1. The number of nitrogens with zero attached hydrogens (tertiary/aromatic N) is 1. The van der Waals surface area contributed by atoms with Gasteiger partial charge in [-0.05, 0) is 55.2 Å². The van der Waals surface area contributed by atoms with Crippen molar-refractivity contribution in [2.45, 2.75) is 32.3 Å². The van der Waals surface area contributed by atoms with Crippen molar-refractivity contribution in [1.29, 1.82) is 0 Å². The van der Waals surface area contributed by atoms with E-state index in [4.69, 9.17) is 9.47 Å². The first kappa shape index (κ1) is 17.0. The number of fused-ring (bicyclic) bond motifs is 1. The van der Waals surface area contributed by atoms with E-state index in [1.807, 2.05) is 31.3 Å². The Bertz CT molecular complexity index is 782. The average molecular weight is 352 g/mol. The maximum absolute atomic E-state index is 12.3. The van der Waals surface area contributed by atoms with Gasteiger partial charge in [0.25, 0.3) is 0 Å². The van der Waals surface area contributed by atoms with Crippen LogP contribution in [0.15, 0.2) is 36.5 Å². The van der Waals surface area contributed by atoms with Gasteiger partial charge in [0.2, 0.25) is 5.91 Å². The zero-order chi connectivity index (χ0) is 17.9. The monoisotopic (exact) mass is 352 g/mol. The highest BCUT2D eigenvalue weighted by atomic mass is 16.5. The summed E-state index contributed by atoms with van der Waals surface area (Å²) in [5, 5.41) is 3.05. The number of carbonyl (C=O) groups is 1. The molecule has 5 heteroatoms. The molecule has 136 valence electrons. The second-order valence-electron chi connectivity index (χ2n) is 7.12. The van der Waals surface area contributed by atoms with Crippen LogP contribution in [0.4, 0.5) is 0 Å². The Kier molecular flexibility index (Phi) is 4.89. The predicted molar refractivity (Wildman–Crippen MR) is 99.1 cm³/mol. The fraction of sp³-hybridized carbons (Fsp3) is 0.429. The van der Waals surface area contributed by atoms with E-state index < -0.39 is 0 Å². The molecule has 4 rings (SSSR count). The second kappa shape index (κ2) is 7.46. The molecule has 1 amide bonds. The third-order valence-corrected chi connectivity index (χ3v) is 5.10. The Balaban J connectivity index is 1.36. The summed E-state index contributed by atoms with van der Waals surface area (Å²) in [6.45, 7) is 3.94. The fourth-order valence-corrected chi connectivity index (χ4v) is 3.55. The third-order valence-electron chi connectivity index (χ3n) is 5.10. The van der Waals surface area contributed by atoms with Crippen molar-refractivity contribution in [3.05, 3.63) is 47.7 Å². The van der Waals surface area contributed by atoms with Gasteiger partial charge in [0.1, 0.15) is 11.9 Å². The number of aryl methyl sites for hydroxylation is 1. The van der Waals surface area contributed by atoms with Crippen molar-refractivity contribution in [3.63, 3.8) is 0 Å². The van der Waals surface area contributed by atoms with Crippen molar-refractivity contribution in [2.75, 3.05) is 19.8 Å². The number of aromatic nitrogens is 1. The van der Waals surface area contributed by atoms with E-state index in [-0.39, 0.29) is 17.9 Å². The van der Waals surface area contributed by atoms with Gasteiger partial charge < -0.3 is 14.8 Å². The molecule has 0 spiro atoms. The minimum Gasteiger partial charge on any atom is -0.488 e. The quantitative estimate of drug-likeness (QED) is 0.919. The summed E-state index contributed by atoms with van der Waals surface area (Å²) in [5.41, 5.74) is 4.39. The van der Waals surface area contributed by atoms with Gasteiger partial charge in [-0.15, -0.1) is 0 Å². The molecule has 1 aromatic heterocycles. The molecule has 0 aliphatic carbocycles. The van der Waals surface area contributed by atoms with Gasteiger partial charge in [0, 0.05) is 37.3 Å². The smallest absolute Gasteiger partial charge is 0.223 e. The van der Waals surface area contributed by atoms with Gasteiger partial charge in [-0.3, -0.25) is 9.78 Å². The average Bonchev–Trinajstić information content (AvgIpc) is 3.09. The Morgan fingerprint density at radius 1 is 1.23 bits per heavy atom. The summed E-state index contributed by atoms with van der Waals surface area (Å²) in [6.07, 6.45) is 4.31. The van der Waals surface area contributed by atoms with Crippen LogP contribution in [-0.2, 0) is 16.0 Å². The lowest BCUT2D eigenvalue weighted by Gasteiger charge is -2.22. The van der Waals surface area contributed by atoms with E-state index >= 15 is 0 Å². The molecule has 0 unspecified atom stereocenters. The van der Waals surface area contributed by atoms with Gasteiger partial charge >= 0.3 is 0 Å². The maximum atomic E-state index is 12.3. The van der Waals surface area contributed by atoms with E-state index in [1.54, 1.807) is 0 Å². The summed E-state index contributed by atoms with van der Waals surface area (Å²) >= 11 is 0. The molecule has 3 heterocycles. The molecule has 0 bridgehead atoms. The van der Waals surface area contributed by atoms with Crippen LogP contribution in [0.3, 0.4) is 0 Å². The Labute approximate surface area is 153 Å². The van der Waals surface area contributed by atoms with E-state index in [0.717, 1.165) is 41.8 Å². The minimum absolute atomic E-state index is 0.00461. The zero-order valence-corrected chi connectivity index (χ0v) is 15.0. The molecule has 0 radical (unpaired) electrons. The Hall–Kier alpha value is -2.40. The normalized spacial score (nSPS) is 19.7. The van der Waals surface area contributed by atoms with Gasteiger partial charge in [-0.2, -0.15) is 0 Å². The number of benzene rings is 1. The Morgan fingerprint density at radius 2 is 2.08 bits per heavy atom. The Morgan fingerprint density at radius 3 is 2.85 bits per heavy atom. The topological polar surface area (TPSA) is 60.5 Å². The number of amides is 1. The fourth-order valence-electron chi connectivity index (χ4n) is 3.55. The summed E-state index contributed by atoms with van der Waals surface area (Å²) in [5.74, 6) is 1.11. The predicted octanol–water partition coefficient (Wildman–Crippen LogP) is 2.90. The number of ether oxygens (including phenoxy) is 2. The van der Waals surface area contributed by atoms with E-state index in [0.29, 0.717) is 19.8 Å². The molecule has 2 aromatic rings. The molecule has 1 saturated heterocycles. The van der Waals surface area contributed by atoms with Crippen molar-refractivity contribution >= 4 is 5.91 Å². The van der Waals surface area contributed by atoms with Crippen LogP contribution >= 0.6 is 0 Å². The largest absolute Gasteiger partial charge is 0.488 e. The number of hydrogen-bond acceptors (Lipinski definition) is 4. The summed E-state index contributed by atoms with van der Waals surface area (Å²) < 4.78 is 11.3. The number of pyridine rings is 1. The first-order valence-corrected chi connectivity index (χ1v) is 9.27. The van der Waals surface area contributed by atoms with Crippen molar-refractivity contribution in [2.24, 2.45) is 5.92 Å². The van der Waals surface area contributed by atoms with Crippen LogP contribution in [-0.4, -0.2) is 36.8 Å². The lowest BCUT2D eigenvalue weighted by Crippen LogP contribution is -2.39. The molecule has 0 saturated carbocycles. The first-order valence-electron chi connectivity index (χ1n) is 9.27. The van der Waals surface area contributed by atoms with Crippen molar-refractivity contribution in [3.8, 4) is 17.0 Å². The van der Waals surface area contributed by atoms with Gasteiger partial charge in [0.05, 0.1) is 12.2 Å². The highest BCUT2D eigenvalue weighted by molar-refractivity contribution is 5.78. The van der Waals surface area contributed by atoms with Crippen LogP contribution < -0.4 is 10.1 Å². The van der Waals surface area contributed by atoms with Crippen molar-refractivity contribution in [1.82, 2.24) is 10.3 Å². The van der Waals surface area contributed by atoms with Crippen LogP contribution in [0.25, 0.3) is 11.3 Å². The molecule has 5 nitrogen and oxygen atoms in total. The standard InChI is InChI=1S/C21H24N2O3/c1-14-2-4-19(22-12-14)16-3-5-20-17(10-16)11-18(26-20)13-23-21(24)15-6-8-25-9-7-15/h2-5,10,12,15,18H,6-9,11,13H2,1H3,(H,23,24)/t18-/m0/s1. The highest BCUT2D eigenvalue weighted by Gasteiger charge is 2.26. The van der Waals surface area contributed by atoms with Crippen molar-refractivity contribution < 1.29 is 14.3 Å². The summed E-state index contributed by atoms with van der Waals surface area (Å²) in [4.78, 5) is 16.8. The van der Waals surface area contributed by atoms with Crippen LogP contribution in [0.5, 0.6) is 5.75 Å². The number of rotatable bonds is 4. The van der Waals surface area contributed by atoms with E-state index in [2.05, 4.69) is 22.4 Å². The molecule has 1 atom stereocenters. The lowest BCUT2D eigenvalue weighted by molar-refractivity contribution is -0.128. The highest BCUT2D eigenvalue weighted by Crippen LogP contribution is 2.32. The summed E-state index contributed by atoms with van der Waals surface area (Å²) in [7, 11) is 0. The second-order valence-corrected chi connectivity index (χ2v) is 7.12. The molecule has 1 N–H and O–H groups in total. The van der Waals surface area contributed by atoms with Crippen LogP contribution in [0, 0.1) is 12.8 Å². The molecule has 26 heavy (non-hydrogen) atoms. The first-order chi connectivity index (χ1) is 12.7. The molecule has 1 fully saturated rings. The van der Waals surface area contributed by atoms with Crippen LogP contribution in [0.2, 0.25) is 0 Å². The molecule has 2 aliphatic heterocycles. The molecule has 1 aromatic carbocycles. The van der Waals surface area contributed by atoms with E-state index in [1.165, 1.54) is 5.56 Å². The molecular weight excluding hydrogens is 328 g/mol. The van der Waals surface area contributed by atoms with E-state index in [9.17, 15) is 4.79 Å². The zero-order valence-electron chi connectivity index (χ0n) is 15.0. The van der Waals surface area contributed by atoms with Gasteiger partial charge in [0.15, 0.2) is 0 Å². The number of hydrogen-bond donors (Lipinski definition) is 1. The lowest BCUT2D eigenvalue weighted by atomic mass is 9.99. The van der Waals surface area contributed by atoms with Gasteiger partial charge in [-0.1, -0.05) is 6.07 Å². The minimum atomic E-state index is -0.00461. The molecule has 2 aliphatic rings. The van der Waals surface area contributed by atoms with Crippen LogP contribution in [0.1, 0.15) is 24.0 Å². The maximum Gasteiger partial charge on any atom is 0.223 e. The van der Waals surface area contributed by atoms with Gasteiger partial charge in [-0.25, -0.2) is 0 Å². The SMILES string of the molecule is Cc1ccc(-c2ccc3c(c2)C[C@@H](CNC(=O)C2CCOCC2)O3)nc1. The molecular formula is C21H24N2O3. The number of nitrogens with one attached hydrogen (secondary N) is 1.